The second-order valence-corrected chi connectivity index (χ2v) is 13.3. The molecule has 6 rings (SSSR count). The molecule has 2 atom stereocenters. The van der Waals surface area contributed by atoms with E-state index in [-0.39, 0.29) is 17.4 Å². The van der Waals surface area contributed by atoms with E-state index < -0.39 is 17.9 Å². The molecule has 1 aliphatic rings. The Morgan fingerprint density at radius 2 is 1.00 bits per heavy atom. The van der Waals surface area contributed by atoms with Gasteiger partial charge in [-0.3, -0.25) is 0 Å². The van der Waals surface area contributed by atoms with Gasteiger partial charge in [0.25, 0.3) is 0 Å². The summed E-state index contributed by atoms with van der Waals surface area (Å²) >= 11 is 0. The maximum absolute atomic E-state index is 13.0. The van der Waals surface area contributed by atoms with E-state index in [0.29, 0.717) is 28.4 Å². The summed E-state index contributed by atoms with van der Waals surface area (Å²) in [4.78, 5) is 37.2. The lowest BCUT2D eigenvalue weighted by atomic mass is 9.79. The summed E-state index contributed by atoms with van der Waals surface area (Å²) in [5.74, 6) is -0.624. The van der Waals surface area contributed by atoms with Crippen molar-refractivity contribution in [3.63, 3.8) is 0 Å². The number of rotatable bonds is 12. The Bertz CT molecular complexity index is 2310. The average Bonchev–Trinajstić information content (AvgIpc) is 3.66. The van der Waals surface area contributed by atoms with E-state index in [2.05, 4.69) is 80.4 Å². The predicted molar refractivity (Wildman–Crippen MR) is 214 cm³/mol. The zero-order chi connectivity index (χ0) is 38.4. The summed E-state index contributed by atoms with van der Waals surface area (Å²) in [5.41, 5.74) is 8.66. The van der Waals surface area contributed by atoms with Gasteiger partial charge in [0.2, 0.25) is 0 Å². The van der Waals surface area contributed by atoms with Gasteiger partial charge in [-0.25, -0.2) is 14.4 Å². The summed E-state index contributed by atoms with van der Waals surface area (Å²) < 4.78 is 16.8. The number of esters is 3. The number of hydrogen-bond donors (Lipinski definition) is 0. The molecule has 0 saturated heterocycles. The topological polar surface area (TPSA) is 78.9 Å². The average molecular weight is 713 g/mol. The first kappa shape index (κ1) is 37.0. The van der Waals surface area contributed by atoms with Crippen molar-refractivity contribution >= 4 is 23.5 Å². The molecule has 268 valence electrons. The smallest absolute Gasteiger partial charge is 0.338 e. The lowest BCUT2D eigenvalue weighted by Gasteiger charge is -2.26. The third-order valence-corrected chi connectivity index (χ3v) is 9.02. The fraction of sp³-hybridized carbons (Fsp3) is 0.104. The molecule has 0 aromatic heterocycles. The van der Waals surface area contributed by atoms with Crippen molar-refractivity contribution in [1.82, 2.24) is 0 Å². The van der Waals surface area contributed by atoms with Gasteiger partial charge in [0, 0.05) is 34.1 Å². The monoisotopic (exact) mass is 712 g/mol. The number of carbonyl (C=O) groups excluding carboxylic acids is 3. The molecule has 6 nitrogen and oxygen atoms in total. The van der Waals surface area contributed by atoms with Crippen LogP contribution in [-0.4, -0.2) is 17.9 Å². The van der Waals surface area contributed by atoms with Crippen molar-refractivity contribution in [1.29, 1.82) is 0 Å². The van der Waals surface area contributed by atoms with Gasteiger partial charge in [0.1, 0.15) is 17.2 Å². The molecule has 0 radical (unpaired) electrons. The fourth-order valence-corrected chi connectivity index (χ4v) is 6.13. The minimum atomic E-state index is -0.517. The maximum atomic E-state index is 13.0. The van der Waals surface area contributed by atoms with E-state index in [1.807, 2.05) is 54.6 Å². The molecule has 5 aromatic carbocycles. The molecule has 5 aromatic rings. The van der Waals surface area contributed by atoms with Crippen LogP contribution in [0.5, 0.6) is 17.2 Å². The first-order chi connectivity index (χ1) is 26.0. The van der Waals surface area contributed by atoms with E-state index in [9.17, 15) is 14.4 Å². The normalized spacial score (nSPS) is 13.7. The molecule has 0 amide bonds. The molecule has 0 aliphatic heterocycles. The molecule has 54 heavy (non-hydrogen) atoms. The summed E-state index contributed by atoms with van der Waals surface area (Å²) in [5, 5.41) is 0. The molecule has 0 saturated carbocycles. The van der Waals surface area contributed by atoms with Crippen molar-refractivity contribution in [3.05, 3.63) is 193 Å². The van der Waals surface area contributed by atoms with Gasteiger partial charge in [-0.15, -0.1) is 0 Å². The van der Waals surface area contributed by atoms with Gasteiger partial charge < -0.3 is 14.2 Å². The van der Waals surface area contributed by atoms with E-state index in [1.54, 1.807) is 45.0 Å². The maximum Gasteiger partial charge on any atom is 0.338 e. The van der Waals surface area contributed by atoms with Crippen LogP contribution in [-0.2, 0) is 14.4 Å². The third kappa shape index (κ3) is 8.63. The lowest BCUT2D eigenvalue weighted by Crippen LogP contribution is -2.15. The van der Waals surface area contributed by atoms with Crippen LogP contribution in [0.15, 0.2) is 176 Å². The second kappa shape index (κ2) is 16.3. The van der Waals surface area contributed by atoms with Crippen LogP contribution < -0.4 is 14.2 Å². The van der Waals surface area contributed by atoms with Crippen molar-refractivity contribution in [3.8, 4) is 39.5 Å². The van der Waals surface area contributed by atoms with Crippen LogP contribution >= 0.6 is 0 Å². The highest BCUT2D eigenvalue weighted by Gasteiger charge is 2.29. The number of ether oxygens (including phenoxy) is 3. The molecular formula is C48H40O6. The van der Waals surface area contributed by atoms with Crippen LogP contribution in [0.25, 0.3) is 27.8 Å². The Morgan fingerprint density at radius 1 is 0.537 bits per heavy atom. The Balaban J connectivity index is 1.43. The molecule has 0 heterocycles. The van der Waals surface area contributed by atoms with Gasteiger partial charge >= 0.3 is 17.9 Å². The highest BCUT2D eigenvalue weighted by Crippen LogP contribution is 2.44. The van der Waals surface area contributed by atoms with Crippen molar-refractivity contribution in [2.24, 2.45) is 5.92 Å². The summed E-state index contributed by atoms with van der Waals surface area (Å²) in [6.45, 7) is 16.0. The molecule has 0 fully saturated rings. The number of carbonyl (C=O) groups is 3. The Labute approximate surface area is 316 Å². The number of hydrogen-bond acceptors (Lipinski definition) is 6. The molecule has 0 N–H and O–H groups in total. The van der Waals surface area contributed by atoms with E-state index in [0.717, 1.165) is 44.5 Å². The summed E-state index contributed by atoms with van der Waals surface area (Å²) in [6.07, 6.45) is 6.44. The van der Waals surface area contributed by atoms with Gasteiger partial charge in [-0.1, -0.05) is 123 Å². The highest BCUT2D eigenvalue weighted by molar-refractivity contribution is 5.90. The second-order valence-electron chi connectivity index (χ2n) is 13.3. The minimum absolute atomic E-state index is 0.134. The molecular weight excluding hydrogens is 673 g/mol. The molecule has 0 bridgehead atoms. The quantitative estimate of drug-likeness (QED) is 0.0728. The van der Waals surface area contributed by atoms with Crippen LogP contribution in [0.1, 0.15) is 43.4 Å². The van der Waals surface area contributed by atoms with Crippen LogP contribution in [0.4, 0.5) is 0 Å². The van der Waals surface area contributed by atoms with Gasteiger partial charge in [0.15, 0.2) is 0 Å². The first-order valence-electron chi connectivity index (χ1n) is 17.5. The third-order valence-electron chi connectivity index (χ3n) is 9.02. The standard InChI is InChI=1S/C48H40O6/c1-30(2)46(49)52-41-23-18-35(19-24-41)38-16-17-40(28-38)45(37-14-12-34(13-15-37)33-10-8-7-9-11-33)43-29-39(22-27-44(43)54-48(51)32(5)6)36-20-25-42(26-21-36)53-47(50)31(3)4/h7-29,40,45H,1,3,5H2,2,4,6H3. The molecule has 6 heteroatoms. The Hall–Kier alpha value is -6.79. The molecule has 0 spiro atoms. The zero-order valence-electron chi connectivity index (χ0n) is 30.5. The molecule has 2 unspecified atom stereocenters. The van der Waals surface area contributed by atoms with Crippen LogP contribution in [0.3, 0.4) is 0 Å². The van der Waals surface area contributed by atoms with E-state index >= 15 is 0 Å². The lowest BCUT2D eigenvalue weighted by molar-refractivity contribution is -0.131. The fourth-order valence-electron chi connectivity index (χ4n) is 6.13. The minimum Gasteiger partial charge on any atom is -0.423 e. The van der Waals surface area contributed by atoms with Crippen molar-refractivity contribution in [2.75, 3.05) is 0 Å². The Morgan fingerprint density at radius 3 is 1.56 bits per heavy atom. The van der Waals surface area contributed by atoms with Crippen LogP contribution in [0.2, 0.25) is 0 Å². The summed E-state index contributed by atoms with van der Waals surface area (Å²) in [6, 6.07) is 39.0. The zero-order valence-corrected chi connectivity index (χ0v) is 30.5. The van der Waals surface area contributed by atoms with Gasteiger partial charge in [-0.2, -0.15) is 0 Å². The van der Waals surface area contributed by atoms with Gasteiger partial charge in [-0.05, 0) is 96.1 Å². The van der Waals surface area contributed by atoms with E-state index in [4.69, 9.17) is 14.2 Å². The van der Waals surface area contributed by atoms with Crippen LogP contribution in [0, 0.1) is 5.92 Å². The van der Waals surface area contributed by atoms with Gasteiger partial charge in [0.05, 0.1) is 0 Å². The summed E-state index contributed by atoms with van der Waals surface area (Å²) in [7, 11) is 0. The highest BCUT2D eigenvalue weighted by atomic mass is 16.5. The van der Waals surface area contributed by atoms with E-state index in [1.165, 1.54) is 0 Å². The Kier molecular flexibility index (Phi) is 11.1. The SMILES string of the molecule is C=C(C)C(=O)Oc1ccc(C2=CC(C(c3ccc(-c4ccccc4)cc3)c3cc(-c4ccc(OC(=O)C(=C)C)cc4)ccc3OC(=O)C(=C)C)C=C2)cc1. The number of allylic oxidation sites excluding steroid dienone is 4. The largest absolute Gasteiger partial charge is 0.423 e. The number of benzene rings is 5. The van der Waals surface area contributed by atoms with Crippen molar-refractivity contribution in [2.45, 2.75) is 26.7 Å². The molecule has 1 aliphatic carbocycles. The predicted octanol–water partition coefficient (Wildman–Crippen LogP) is 10.9. The first-order valence-corrected chi connectivity index (χ1v) is 17.5. The van der Waals surface area contributed by atoms with Crippen molar-refractivity contribution < 1.29 is 28.6 Å².